The first-order valence-electron chi connectivity index (χ1n) is 8.33. The summed E-state index contributed by atoms with van der Waals surface area (Å²) in [6.45, 7) is 1.34. The van der Waals surface area contributed by atoms with Crippen LogP contribution in [0.4, 0.5) is 0 Å². The van der Waals surface area contributed by atoms with Crippen LogP contribution < -0.4 is 10.5 Å². The van der Waals surface area contributed by atoms with Gasteiger partial charge < -0.3 is 10.5 Å². The minimum absolute atomic E-state index is 0.475. The molecule has 3 rings (SSSR count). The summed E-state index contributed by atoms with van der Waals surface area (Å²) in [4.78, 5) is 0. The third-order valence-corrected chi connectivity index (χ3v) is 4.76. The van der Waals surface area contributed by atoms with E-state index < -0.39 is 0 Å². The van der Waals surface area contributed by atoms with Crippen molar-refractivity contribution >= 4 is 0 Å². The van der Waals surface area contributed by atoms with Crippen molar-refractivity contribution in [2.24, 2.45) is 11.7 Å². The maximum absolute atomic E-state index is 6.06. The molecule has 1 fully saturated rings. The second-order valence-electron chi connectivity index (χ2n) is 6.23. The number of hydrogen-bond donors (Lipinski definition) is 1. The molecule has 2 aromatic carbocycles. The largest absolute Gasteiger partial charge is 0.489 e. The summed E-state index contributed by atoms with van der Waals surface area (Å²) in [6.07, 6.45) is 5.34. The molecule has 1 saturated carbocycles. The van der Waals surface area contributed by atoms with Crippen molar-refractivity contribution < 1.29 is 4.74 Å². The summed E-state index contributed by atoms with van der Waals surface area (Å²) in [6, 6.07) is 18.8. The Balaban J connectivity index is 1.68. The highest BCUT2D eigenvalue weighted by molar-refractivity contribution is 5.32. The van der Waals surface area contributed by atoms with Crippen molar-refractivity contribution in [2.45, 2.75) is 38.2 Å². The number of ether oxygens (including phenoxy) is 1. The van der Waals surface area contributed by atoms with E-state index in [9.17, 15) is 0 Å². The highest BCUT2D eigenvalue weighted by Gasteiger charge is 2.25. The van der Waals surface area contributed by atoms with Crippen molar-refractivity contribution in [3.8, 4) is 5.75 Å². The van der Waals surface area contributed by atoms with Gasteiger partial charge in [-0.1, -0.05) is 55.3 Å². The molecule has 2 heteroatoms. The Hall–Kier alpha value is -1.80. The Bertz CT molecular complexity index is 575. The van der Waals surface area contributed by atoms with E-state index in [1.807, 2.05) is 24.3 Å². The monoisotopic (exact) mass is 295 g/mol. The molecule has 1 aliphatic carbocycles. The highest BCUT2D eigenvalue weighted by Crippen LogP contribution is 2.37. The molecule has 2 aromatic rings. The molecule has 0 spiro atoms. The van der Waals surface area contributed by atoms with Gasteiger partial charge in [-0.3, -0.25) is 0 Å². The molecule has 0 bridgehead atoms. The number of benzene rings is 2. The van der Waals surface area contributed by atoms with Gasteiger partial charge in [0.1, 0.15) is 12.4 Å². The Morgan fingerprint density at radius 1 is 1.00 bits per heavy atom. The molecule has 0 aromatic heterocycles. The van der Waals surface area contributed by atoms with Crippen LogP contribution in [0.3, 0.4) is 0 Å². The minimum atomic E-state index is 0.475. The van der Waals surface area contributed by atoms with E-state index in [1.54, 1.807) is 0 Å². The van der Waals surface area contributed by atoms with Crippen molar-refractivity contribution in [1.82, 2.24) is 0 Å². The smallest absolute Gasteiger partial charge is 0.120 e. The van der Waals surface area contributed by atoms with Crippen molar-refractivity contribution in [2.75, 3.05) is 6.54 Å². The van der Waals surface area contributed by atoms with E-state index >= 15 is 0 Å². The molecule has 0 radical (unpaired) electrons. The van der Waals surface area contributed by atoms with E-state index in [0.29, 0.717) is 12.5 Å². The van der Waals surface area contributed by atoms with Gasteiger partial charge in [0, 0.05) is 0 Å². The molecule has 0 aliphatic heterocycles. The first-order valence-corrected chi connectivity index (χ1v) is 8.33. The van der Waals surface area contributed by atoms with Crippen molar-refractivity contribution in [1.29, 1.82) is 0 Å². The molecular weight excluding hydrogens is 270 g/mol. The van der Waals surface area contributed by atoms with Gasteiger partial charge in [-0.05, 0) is 54.5 Å². The first-order chi connectivity index (χ1) is 10.9. The SMILES string of the molecule is NCC(c1cccc(OCc2ccccc2)c1)C1CCCC1. The molecule has 0 heterocycles. The predicted molar refractivity (Wildman–Crippen MR) is 91.0 cm³/mol. The Morgan fingerprint density at radius 3 is 2.50 bits per heavy atom. The summed E-state index contributed by atoms with van der Waals surface area (Å²) in [5.41, 5.74) is 8.59. The van der Waals surface area contributed by atoms with Crippen LogP contribution in [0.5, 0.6) is 5.75 Å². The Kier molecular flexibility index (Phi) is 5.12. The molecule has 1 unspecified atom stereocenters. The lowest BCUT2D eigenvalue weighted by Crippen LogP contribution is -2.19. The summed E-state index contributed by atoms with van der Waals surface area (Å²) < 4.78 is 5.95. The van der Waals surface area contributed by atoms with Crippen molar-refractivity contribution in [3.05, 3.63) is 65.7 Å². The third-order valence-electron chi connectivity index (χ3n) is 4.76. The van der Waals surface area contributed by atoms with Gasteiger partial charge in [0.05, 0.1) is 0 Å². The zero-order chi connectivity index (χ0) is 15.2. The van der Waals surface area contributed by atoms with Crippen LogP contribution >= 0.6 is 0 Å². The topological polar surface area (TPSA) is 35.2 Å². The Labute approximate surface area is 133 Å². The van der Waals surface area contributed by atoms with Gasteiger partial charge in [0.15, 0.2) is 0 Å². The maximum Gasteiger partial charge on any atom is 0.120 e. The van der Waals surface area contributed by atoms with Gasteiger partial charge in [-0.2, -0.15) is 0 Å². The lowest BCUT2D eigenvalue weighted by atomic mass is 9.85. The average molecular weight is 295 g/mol. The van der Waals surface area contributed by atoms with Gasteiger partial charge in [0.25, 0.3) is 0 Å². The van der Waals surface area contributed by atoms with E-state index in [0.717, 1.165) is 18.2 Å². The van der Waals surface area contributed by atoms with Crippen LogP contribution in [-0.4, -0.2) is 6.54 Å². The quantitative estimate of drug-likeness (QED) is 0.851. The van der Waals surface area contributed by atoms with Crippen LogP contribution in [-0.2, 0) is 6.61 Å². The summed E-state index contributed by atoms with van der Waals surface area (Å²) >= 11 is 0. The lowest BCUT2D eigenvalue weighted by Gasteiger charge is -2.22. The summed E-state index contributed by atoms with van der Waals surface area (Å²) in [7, 11) is 0. The van der Waals surface area contributed by atoms with Crippen LogP contribution in [0, 0.1) is 5.92 Å². The molecule has 2 nitrogen and oxygen atoms in total. The molecule has 2 N–H and O–H groups in total. The third kappa shape index (κ3) is 3.69. The van der Waals surface area contributed by atoms with Gasteiger partial charge in [-0.25, -0.2) is 0 Å². The van der Waals surface area contributed by atoms with E-state index in [-0.39, 0.29) is 0 Å². The van der Waals surface area contributed by atoms with Gasteiger partial charge >= 0.3 is 0 Å². The molecule has 1 atom stereocenters. The van der Waals surface area contributed by atoms with Crippen LogP contribution in [0.2, 0.25) is 0 Å². The van der Waals surface area contributed by atoms with Gasteiger partial charge in [-0.15, -0.1) is 0 Å². The fourth-order valence-corrected chi connectivity index (χ4v) is 3.54. The molecule has 116 valence electrons. The van der Waals surface area contributed by atoms with E-state index in [4.69, 9.17) is 10.5 Å². The molecular formula is C20H25NO. The second kappa shape index (κ2) is 7.46. The summed E-state index contributed by atoms with van der Waals surface area (Å²) in [5.74, 6) is 2.16. The fourth-order valence-electron chi connectivity index (χ4n) is 3.54. The highest BCUT2D eigenvalue weighted by atomic mass is 16.5. The van der Waals surface area contributed by atoms with Crippen molar-refractivity contribution in [3.63, 3.8) is 0 Å². The standard InChI is InChI=1S/C20H25NO/c21-14-20(17-9-4-5-10-17)18-11-6-12-19(13-18)22-15-16-7-2-1-3-8-16/h1-3,6-8,11-13,17,20H,4-5,9-10,14-15,21H2. The number of rotatable bonds is 6. The molecule has 0 saturated heterocycles. The van der Waals surface area contributed by atoms with E-state index in [2.05, 4.69) is 30.3 Å². The fraction of sp³-hybridized carbons (Fsp3) is 0.400. The predicted octanol–water partition coefficient (Wildman–Crippen LogP) is 4.50. The second-order valence-corrected chi connectivity index (χ2v) is 6.23. The molecule has 22 heavy (non-hydrogen) atoms. The Morgan fingerprint density at radius 2 is 1.77 bits per heavy atom. The average Bonchev–Trinajstić information content (AvgIpc) is 3.09. The maximum atomic E-state index is 6.06. The van der Waals surface area contributed by atoms with Gasteiger partial charge in [0.2, 0.25) is 0 Å². The molecule has 0 amide bonds. The van der Waals surface area contributed by atoms with Crippen LogP contribution in [0.25, 0.3) is 0 Å². The molecule has 1 aliphatic rings. The zero-order valence-electron chi connectivity index (χ0n) is 13.1. The minimum Gasteiger partial charge on any atom is -0.489 e. The lowest BCUT2D eigenvalue weighted by molar-refractivity contribution is 0.305. The number of nitrogens with two attached hydrogens (primary N) is 1. The summed E-state index contributed by atoms with van der Waals surface area (Å²) in [5, 5.41) is 0. The first kappa shape index (κ1) is 15.1. The van der Waals surface area contributed by atoms with E-state index in [1.165, 1.54) is 36.8 Å². The zero-order valence-corrected chi connectivity index (χ0v) is 13.1. The normalized spacial score (nSPS) is 16.6. The number of hydrogen-bond acceptors (Lipinski definition) is 2. The van der Waals surface area contributed by atoms with Crippen LogP contribution in [0.1, 0.15) is 42.7 Å². The van der Waals surface area contributed by atoms with Crippen LogP contribution in [0.15, 0.2) is 54.6 Å².